The predicted octanol–water partition coefficient (Wildman–Crippen LogP) is 0.985. The molecule has 6 nitrogen and oxygen atoms in total. The molecule has 0 aromatic carbocycles. The highest BCUT2D eigenvalue weighted by Gasteiger charge is 2.48. The van der Waals surface area contributed by atoms with Crippen molar-refractivity contribution in [1.29, 1.82) is 0 Å². The van der Waals surface area contributed by atoms with E-state index in [1.54, 1.807) is 13.4 Å². The molecule has 0 aromatic heterocycles. The molecule has 2 aliphatic heterocycles. The minimum absolute atomic E-state index is 0.158. The van der Waals surface area contributed by atoms with Crippen molar-refractivity contribution in [2.45, 2.75) is 38.9 Å². The Kier molecular flexibility index (Phi) is 3.78. The van der Waals surface area contributed by atoms with Crippen molar-refractivity contribution in [3.05, 3.63) is 0 Å². The van der Waals surface area contributed by atoms with E-state index in [9.17, 15) is 9.59 Å². The zero-order valence-corrected chi connectivity index (χ0v) is 12.0. The van der Waals surface area contributed by atoms with Gasteiger partial charge in [-0.05, 0) is 12.3 Å². The van der Waals surface area contributed by atoms with E-state index in [-0.39, 0.29) is 24.1 Å². The third-order valence-electron chi connectivity index (χ3n) is 4.15. The Morgan fingerprint density at radius 1 is 1.37 bits per heavy atom. The Balaban J connectivity index is 2.08. The molecule has 0 saturated carbocycles. The average Bonchev–Trinajstić information content (AvgIpc) is 2.84. The number of carbonyl (C=O) groups is 2. The molecule has 2 aliphatic rings. The molecule has 0 bridgehead atoms. The molecule has 0 aromatic rings. The monoisotopic (exact) mass is 266 g/mol. The Morgan fingerprint density at radius 3 is 2.68 bits per heavy atom. The molecule has 2 rings (SSSR count). The number of imide groups is 1. The van der Waals surface area contributed by atoms with Crippen molar-refractivity contribution in [1.82, 2.24) is 14.7 Å². The van der Waals surface area contributed by atoms with Crippen LogP contribution in [-0.2, 0) is 4.79 Å². The van der Waals surface area contributed by atoms with Gasteiger partial charge < -0.3 is 9.80 Å². The molecular weight excluding hydrogens is 244 g/mol. The van der Waals surface area contributed by atoms with Gasteiger partial charge in [-0.2, -0.15) is 0 Å². The number of aliphatic imine (C=N–C) groups is 1. The molecule has 0 aliphatic carbocycles. The lowest BCUT2D eigenvalue weighted by molar-refractivity contribution is -0.136. The first-order chi connectivity index (χ1) is 8.97. The first-order valence-electron chi connectivity index (χ1n) is 6.80. The standard InChI is InChI=1S/C13H22N4O2/c1-5-9(2)6-7-17-8-14-11-10(17)12(18)16(4)13(19)15(11)3/h8-11H,5-7H2,1-4H3. The summed E-state index contributed by atoms with van der Waals surface area (Å²) in [5.41, 5.74) is 0. The summed E-state index contributed by atoms with van der Waals surface area (Å²) in [5, 5.41) is 0. The van der Waals surface area contributed by atoms with E-state index in [0.29, 0.717) is 5.92 Å². The van der Waals surface area contributed by atoms with Crippen molar-refractivity contribution < 1.29 is 9.59 Å². The van der Waals surface area contributed by atoms with Crippen LogP contribution in [0.25, 0.3) is 0 Å². The summed E-state index contributed by atoms with van der Waals surface area (Å²) in [7, 11) is 3.22. The Bertz CT molecular complexity index is 409. The number of rotatable bonds is 4. The number of likely N-dealkylation sites (N-methyl/N-ethyl adjacent to an activating group) is 2. The zero-order chi connectivity index (χ0) is 14.2. The highest BCUT2D eigenvalue weighted by molar-refractivity contribution is 6.01. The molecule has 3 atom stereocenters. The fraction of sp³-hybridized carbons (Fsp3) is 0.769. The van der Waals surface area contributed by atoms with Crippen LogP contribution in [-0.4, -0.2) is 65.8 Å². The van der Waals surface area contributed by atoms with Gasteiger partial charge in [0.15, 0.2) is 12.2 Å². The summed E-state index contributed by atoms with van der Waals surface area (Å²) in [6, 6.07) is -0.635. The molecule has 0 N–H and O–H groups in total. The van der Waals surface area contributed by atoms with Gasteiger partial charge in [0.05, 0.1) is 6.34 Å². The number of hydrogen-bond donors (Lipinski definition) is 0. The first kappa shape index (κ1) is 13.8. The lowest BCUT2D eigenvalue weighted by Crippen LogP contribution is -2.63. The summed E-state index contributed by atoms with van der Waals surface area (Å²) in [4.78, 5) is 33.1. The molecule has 0 spiro atoms. The molecule has 3 unspecified atom stereocenters. The van der Waals surface area contributed by atoms with Crippen LogP contribution < -0.4 is 0 Å². The third kappa shape index (κ3) is 2.31. The maximum atomic E-state index is 12.2. The predicted molar refractivity (Wildman–Crippen MR) is 72.8 cm³/mol. The number of nitrogens with zero attached hydrogens (tertiary/aromatic N) is 4. The fourth-order valence-electron chi connectivity index (χ4n) is 2.47. The van der Waals surface area contributed by atoms with Crippen LogP contribution in [0, 0.1) is 5.92 Å². The van der Waals surface area contributed by atoms with Gasteiger partial charge >= 0.3 is 6.03 Å². The second-order valence-electron chi connectivity index (χ2n) is 5.45. The Labute approximate surface area is 114 Å². The molecule has 6 heteroatoms. The maximum Gasteiger partial charge on any atom is 0.328 e. The quantitative estimate of drug-likeness (QED) is 0.762. The number of fused-ring (bicyclic) bond motifs is 1. The molecule has 0 radical (unpaired) electrons. The summed E-state index contributed by atoms with van der Waals surface area (Å²) in [6.07, 6.45) is 3.51. The van der Waals surface area contributed by atoms with Crippen molar-refractivity contribution >= 4 is 18.3 Å². The van der Waals surface area contributed by atoms with E-state index >= 15 is 0 Å². The van der Waals surface area contributed by atoms with Crippen molar-refractivity contribution in [2.75, 3.05) is 20.6 Å². The highest BCUT2D eigenvalue weighted by atomic mass is 16.2. The summed E-state index contributed by atoms with van der Waals surface area (Å²) in [5.74, 6) is 0.470. The summed E-state index contributed by atoms with van der Waals surface area (Å²) < 4.78 is 0. The van der Waals surface area contributed by atoms with Gasteiger partial charge in [-0.1, -0.05) is 20.3 Å². The van der Waals surface area contributed by atoms with Gasteiger partial charge in [0.2, 0.25) is 0 Å². The van der Waals surface area contributed by atoms with Gasteiger partial charge in [0.1, 0.15) is 0 Å². The summed E-state index contributed by atoms with van der Waals surface area (Å²) in [6.45, 7) is 5.17. The van der Waals surface area contributed by atoms with E-state index in [1.807, 2.05) is 4.90 Å². The second-order valence-corrected chi connectivity index (χ2v) is 5.45. The van der Waals surface area contributed by atoms with E-state index in [2.05, 4.69) is 18.8 Å². The SMILES string of the molecule is CCC(C)CCN1C=NC2C1C(=O)N(C)C(=O)N2C. The highest BCUT2D eigenvalue weighted by Crippen LogP contribution is 2.25. The minimum atomic E-state index is -0.367. The molecular formula is C13H22N4O2. The van der Waals surface area contributed by atoms with Gasteiger partial charge in [-0.3, -0.25) is 9.69 Å². The maximum absolute atomic E-state index is 12.2. The van der Waals surface area contributed by atoms with Gasteiger partial charge in [-0.15, -0.1) is 0 Å². The van der Waals surface area contributed by atoms with E-state index < -0.39 is 0 Å². The Morgan fingerprint density at radius 2 is 2.05 bits per heavy atom. The lowest BCUT2D eigenvalue weighted by Gasteiger charge is -2.39. The second kappa shape index (κ2) is 5.19. The Hall–Kier alpha value is -1.59. The zero-order valence-electron chi connectivity index (χ0n) is 12.0. The fourth-order valence-corrected chi connectivity index (χ4v) is 2.47. The van der Waals surface area contributed by atoms with Gasteiger partial charge in [0, 0.05) is 20.6 Å². The van der Waals surface area contributed by atoms with E-state index in [4.69, 9.17) is 0 Å². The van der Waals surface area contributed by atoms with Gasteiger partial charge in [0.25, 0.3) is 5.91 Å². The van der Waals surface area contributed by atoms with Crippen LogP contribution in [0.1, 0.15) is 26.7 Å². The van der Waals surface area contributed by atoms with Crippen LogP contribution in [0.4, 0.5) is 4.79 Å². The number of carbonyl (C=O) groups excluding carboxylic acids is 2. The van der Waals surface area contributed by atoms with Gasteiger partial charge in [-0.25, -0.2) is 9.79 Å². The van der Waals surface area contributed by atoms with Crippen LogP contribution >= 0.6 is 0 Å². The van der Waals surface area contributed by atoms with E-state index in [1.165, 1.54) is 16.8 Å². The third-order valence-corrected chi connectivity index (χ3v) is 4.15. The summed E-state index contributed by atoms with van der Waals surface area (Å²) >= 11 is 0. The van der Waals surface area contributed by atoms with Crippen molar-refractivity contribution in [2.24, 2.45) is 10.9 Å². The topological polar surface area (TPSA) is 56.2 Å². The largest absolute Gasteiger partial charge is 0.347 e. The van der Waals surface area contributed by atoms with Crippen LogP contribution in [0.15, 0.2) is 4.99 Å². The average molecular weight is 266 g/mol. The number of amides is 3. The van der Waals surface area contributed by atoms with Crippen LogP contribution in [0.5, 0.6) is 0 Å². The molecule has 2 heterocycles. The van der Waals surface area contributed by atoms with Crippen molar-refractivity contribution in [3.63, 3.8) is 0 Å². The smallest absolute Gasteiger partial charge is 0.328 e. The number of hydrogen-bond acceptors (Lipinski definition) is 4. The molecule has 1 saturated heterocycles. The molecule has 106 valence electrons. The van der Waals surface area contributed by atoms with Crippen LogP contribution in [0.3, 0.4) is 0 Å². The minimum Gasteiger partial charge on any atom is -0.347 e. The van der Waals surface area contributed by atoms with Crippen LogP contribution in [0.2, 0.25) is 0 Å². The molecule has 19 heavy (non-hydrogen) atoms. The lowest BCUT2D eigenvalue weighted by atomic mass is 10.0. The van der Waals surface area contributed by atoms with E-state index in [0.717, 1.165) is 19.4 Å². The first-order valence-corrected chi connectivity index (χ1v) is 6.80. The molecule has 1 fully saturated rings. The number of urea groups is 1. The van der Waals surface area contributed by atoms with Crippen molar-refractivity contribution in [3.8, 4) is 0 Å². The normalized spacial score (nSPS) is 28.1. The molecule has 3 amide bonds.